The van der Waals surface area contributed by atoms with Crippen molar-refractivity contribution < 1.29 is 0 Å². The van der Waals surface area contributed by atoms with Crippen LogP contribution in [0.1, 0.15) is 49.8 Å². The topological polar surface area (TPSA) is 42.7 Å². The van der Waals surface area contributed by atoms with Crippen molar-refractivity contribution in [2.24, 2.45) is 11.8 Å². The van der Waals surface area contributed by atoms with Gasteiger partial charge in [0.1, 0.15) is 11.6 Å². The van der Waals surface area contributed by atoms with Crippen LogP contribution in [0.3, 0.4) is 0 Å². The largest absolute Gasteiger partial charge is 0.314 e. The highest BCUT2D eigenvalue weighted by molar-refractivity contribution is 5.09. The molecule has 0 radical (unpaired) electrons. The molecule has 4 nitrogen and oxygen atoms in total. The third-order valence-electron chi connectivity index (χ3n) is 4.91. The summed E-state index contributed by atoms with van der Waals surface area (Å²) in [6, 6.07) is 0.488. The molecule has 17 heavy (non-hydrogen) atoms. The predicted molar refractivity (Wildman–Crippen MR) is 64.5 cm³/mol. The number of hydrogen-bond acceptors (Lipinski definition) is 3. The second kappa shape index (κ2) is 3.80. The Morgan fingerprint density at radius 2 is 2.12 bits per heavy atom. The number of hydrogen-bond donors (Lipinski definition) is 1. The Balaban J connectivity index is 1.68. The summed E-state index contributed by atoms with van der Waals surface area (Å²) in [4.78, 5) is 0. The molecule has 3 heterocycles. The Kier molecular flexibility index (Phi) is 2.25. The van der Waals surface area contributed by atoms with Gasteiger partial charge >= 0.3 is 0 Å². The highest BCUT2D eigenvalue weighted by atomic mass is 15.3. The summed E-state index contributed by atoms with van der Waals surface area (Å²) in [5.41, 5.74) is 0. The normalized spacial score (nSPS) is 35.9. The first-order valence-electron chi connectivity index (χ1n) is 7.09. The van der Waals surface area contributed by atoms with Gasteiger partial charge in [-0.05, 0) is 44.1 Å². The van der Waals surface area contributed by atoms with E-state index < -0.39 is 0 Å². The lowest BCUT2D eigenvalue weighted by molar-refractivity contribution is 0.386. The smallest absolute Gasteiger partial charge is 0.150 e. The Morgan fingerprint density at radius 1 is 1.12 bits per heavy atom. The molecule has 1 aromatic heterocycles. The van der Waals surface area contributed by atoms with Gasteiger partial charge in [-0.1, -0.05) is 6.42 Å². The van der Waals surface area contributed by atoms with E-state index in [-0.39, 0.29) is 0 Å². The number of fused-ring (bicyclic) bond motifs is 2. The molecule has 1 saturated carbocycles. The van der Waals surface area contributed by atoms with Gasteiger partial charge in [0.25, 0.3) is 0 Å². The Morgan fingerprint density at radius 3 is 3.12 bits per heavy atom. The quantitative estimate of drug-likeness (QED) is 0.801. The summed E-state index contributed by atoms with van der Waals surface area (Å²) in [5, 5.41) is 12.6. The summed E-state index contributed by atoms with van der Waals surface area (Å²) >= 11 is 0. The van der Waals surface area contributed by atoms with Gasteiger partial charge in [-0.3, -0.25) is 0 Å². The van der Waals surface area contributed by atoms with Crippen LogP contribution < -0.4 is 5.32 Å². The van der Waals surface area contributed by atoms with Crippen LogP contribution in [0.4, 0.5) is 0 Å². The third kappa shape index (κ3) is 1.46. The van der Waals surface area contributed by atoms with Crippen molar-refractivity contribution in [3.05, 3.63) is 11.6 Å². The fourth-order valence-corrected chi connectivity index (χ4v) is 4.03. The van der Waals surface area contributed by atoms with E-state index >= 15 is 0 Å². The first-order chi connectivity index (χ1) is 8.43. The van der Waals surface area contributed by atoms with E-state index in [4.69, 9.17) is 0 Å². The Labute approximate surface area is 102 Å². The van der Waals surface area contributed by atoms with Crippen LogP contribution in [-0.4, -0.2) is 21.3 Å². The second-order valence-electron chi connectivity index (χ2n) is 5.82. The lowest BCUT2D eigenvalue weighted by Gasteiger charge is -2.21. The maximum Gasteiger partial charge on any atom is 0.150 e. The Hall–Kier alpha value is -0.900. The molecule has 0 aromatic carbocycles. The van der Waals surface area contributed by atoms with Gasteiger partial charge in [-0.15, -0.1) is 10.2 Å². The van der Waals surface area contributed by atoms with Gasteiger partial charge in [0.2, 0.25) is 0 Å². The lowest BCUT2D eigenvalue weighted by atomic mass is 9.93. The molecular formula is C13H20N4. The van der Waals surface area contributed by atoms with Gasteiger partial charge in [-0.25, -0.2) is 0 Å². The average molecular weight is 232 g/mol. The molecule has 3 unspecified atom stereocenters. The van der Waals surface area contributed by atoms with Crippen LogP contribution >= 0.6 is 0 Å². The fourth-order valence-electron chi connectivity index (χ4n) is 4.03. The van der Waals surface area contributed by atoms with Gasteiger partial charge in [-0.2, -0.15) is 0 Å². The van der Waals surface area contributed by atoms with E-state index in [9.17, 15) is 0 Å². The molecule has 4 rings (SSSR count). The summed E-state index contributed by atoms with van der Waals surface area (Å²) in [5.74, 6) is 4.17. The van der Waals surface area contributed by atoms with Crippen LogP contribution in [0, 0.1) is 11.8 Å². The van der Waals surface area contributed by atoms with E-state index in [1.807, 2.05) is 0 Å². The van der Waals surface area contributed by atoms with Crippen molar-refractivity contribution in [1.29, 1.82) is 0 Å². The molecule has 1 aromatic rings. The summed E-state index contributed by atoms with van der Waals surface area (Å²) in [6.07, 6.45) is 7.89. The molecule has 1 N–H and O–H groups in total. The van der Waals surface area contributed by atoms with Crippen LogP contribution in [0.15, 0.2) is 0 Å². The molecular weight excluding hydrogens is 212 g/mol. The molecule has 0 spiro atoms. The predicted octanol–water partition coefficient (Wildman–Crippen LogP) is 1.68. The number of nitrogens with one attached hydrogen (secondary N) is 1. The van der Waals surface area contributed by atoms with Crippen LogP contribution in [0.5, 0.6) is 0 Å². The zero-order chi connectivity index (χ0) is 11.2. The second-order valence-corrected chi connectivity index (χ2v) is 5.82. The van der Waals surface area contributed by atoms with Gasteiger partial charge < -0.3 is 9.88 Å². The van der Waals surface area contributed by atoms with Gasteiger partial charge in [0, 0.05) is 13.0 Å². The SMILES string of the molecule is C1CCn2c(nnc2C2NCC3CCCC32)C1. The van der Waals surface area contributed by atoms with E-state index in [1.165, 1.54) is 50.3 Å². The van der Waals surface area contributed by atoms with E-state index in [2.05, 4.69) is 20.1 Å². The highest BCUT2D eigenvalue weighted by Crippen LogP contribution is 2.44. The summed E-state index contributed by atoms with van der Waals surface area (Å²) < 4.78 is 2.39. The van der Waals surface area contributed by atoms with E-state index in [0.29, 0.717) is 6.04 Å². The maximum absolute atomic E-state index is 4.49. The molecule has 3 atom stereocenters. The van der Waals surface area contributed by atoms with Crippen molar-refractivity contribution in [3.63, 3.8) is 0 Å². The lowest BCUT2D eigenvalue weighted by Crippen LogP contribution is -2.24. The van der Waals surface area contributed by atoms with Crippen molar-refractivity contribution >= 4 is 0 Å². The molecule has 0 amide bonds. The Bertz CT molecular complexity index is 425. The van der Waals surface area contributed by atoms with Crippen molar-refractivity contribution in [2.75, 3.05) is 6.54 Å². The molecule has 1 saturated heterocycles. The van der Waals surface area contributed by atoms with Gasteiger partial charge in [0.05, 0.1) is 6.04 Å². The zero-order valence-corrected chi connectivity index (χ0v) is 10.2. The molecule has 4 heteroatoms. The minimum absolute atomic E-state index is 0.488. The number of aryl methyl sites for hydroxylation is 1. The minimum atomic E-state index is 0.488. The fraction of sp³-hybridized carbons (Fsp3) is 0.846. The standard InChI is InChI=1S/C13H20N4/c1-2-7-17-11(6-1)15-16-13(17)12-10-5-3-4-9(10)8-14-12/h9-10,12,14H,1-8H2. The molecule has 2 fully saturated rings. The van der Waals surface area contributed by atoms with Gasteiger partial charge in [0.15, 0.2) is 0 Å². The first kappa shape index (κ1) is 10.1. The molecule has 1 aliphatic carbocycles. The van der Waals surface area contributed by atoms with Crippen molar-refractivity contribution in [1.82, 2.24) is 20.1 Å². The zero-order valence-electron chi connectivity index (χ0n) is 10.2. The van der Waals surface area contributed by atoms with Crippen LogP contribution in [0.25, 0.3) is 0 Å². The monoisotopic (exact) mass is 232 g/mol. The maximum atomic E-state index is 4.49. The first-order valence-corrected chi connectivity index (χ1v) is 7.09. The van der Waals surface area contributed by atoms with Crippen LogP contribution in [0.2, 0.25) is 0 Å². The number of rotatable bonds is 1. The molecule has 0 bridgehead atoms. The summed E-state index contributed by atoms with van der Waals surface area (Å²) in [6.45, 7) is 2.32. The van der Waals surface area contributed by atoms with Crippen LogP contribution in [-0.2, 0) is 13.0 Å². The summed E-state index contributed by atoms with van der Waals surface area (Å²) in [7, 11) is 0. The third-order valence-corrected chi connectivity index (χ3v) is 4.91. The molecule has 92 valence electrons. The highest BCUT2D eigenvalue weighted by Gasteiger charge is 2.42. The molecule has 3 aliphatic rings. The van der Waals surface area contributed by atoms with Crippen molar-refractivity contribution in [3.8, 4) is 0 Å². The number of nitrogens with zero attached hydrogens (tertiary/aromatic N) is 3. The minimum Gasteiger partial charge on any atom is -0.314 e. The van der Waals surface area contributed by atoms with Crippen molar-refractivity contribution in [2.45, 2.75) is 51.1 Å². The van der Waals surface area contributed by atoms with E-state index in [1.54, 1.807) is 0 Å². The average Bonchev–Trinajstić information content (AvgIpc) is 3.02. The van der Waals surface area contributed by atoms with E-state index in [0.717, 1.165) is 24.8 Å². The molecule has 2 aliphatic heterocycles. The number of aromatic nitrogens is 3.